The van der Waals surface area contributed by atoms with Gasteiger partial charge in [0.05, 0.1) is 12.0 Å². The lowest BCUT2D eigenvalue weighted by atomic mass is 9.86. The predicted octanol–water partition coefficient (Wildman–Crippen LogP) is 1.99. The average Bonchev–Trinajstić information content (AvgIpc) is 3.10. The maximum absolute atomic E-state index is 11.6. The van der Waals surface area contributed by atoms with Crippen LogP contribution in [0.3, 0.4) is 0 Å². The Morgan fingerprint density at radius 2 is 1.95 bits per heavy atom. The number of benzene rings is 1. The molecule has 0 bridgehead atoms. The third kappa shape index (κ3) is 2.17. The van der Waals surface area contributed by atoms with E-state index < -0.39 is 11.4 Å². The number of aromatic nitrogens is 4. The summed E-state index contributed by atoms with van der Waals surface area (Å²) in [5.74, 6) is -0.123. The summed E-state index contributed by atoms with van der Waals surface area (Å²) in [6.07, 6.45) is 3.29. The molecule has 0 aliphatic heterocycles. The van der Waals surface area contributed by atoms with Crippen LogP contribution >= 0.6 is 0 Å². The zero-order valence-electron chi connectivity index (χ0n) is 11.1. The Kier molecular flexibility index (Phi) is 3.22. The molecule has 104 valence electrons. The first-order chi connectivity index (χ1) is 9.71. The van der Waals surface area contributed by atoms with Crippen molar-refractivity contribution >= 4 is 5.97 Å². The smallest absolute Gasteiger partial charge is 0.311 e. The molecule has 0 amide bonds. The highest BCUT2D eigenvalue weighted by Crippen LogP contribution is 2.40. The average molecular weight is 272 g/mol. The summed E-state index contributed by atoms with van der Waals surface area (Å²) >= 11 is 0. The van der Waals surface area contributed by atoms with Crippen LogP contribution in [-0.4, -0.2) is 31.3 Å². The Balaban J connectivity index is 1.93. The summed E-state index contributed by atoms with van der Waals surface area (Å²) in [6, 6.07) is 9.59. The number of hydrogen-bond acceptors (Lipinski definition) is 4. The number of nitrogens with zero attached hydrogens (tertiary/aromatic N) is 4. The Morgan fingerprint density at radius 1 is 1.25 bits per heavy atom. The van der Waals surface area contributed by atoms with Crippen LogP contribution in [0.25, 0.3) is 11.4 Å². The van der Waals surface area contributed by atoms with Crippen LogP contribution in [0.1, 0.15) is 25.7 Å². The Labute approximate surface area is 116 Å². The normalized spacial score (nSPS) is 17.2. The van der Waals surface area contributed by atoms with Gasteiger partial charge in [0.15, 0.2) is 5.82 Å². The molecule has 6 heteroatoms. The van der Waals surface area contributed by atoms with E-state index >= 15 is 0 Å². The van der Waals surface area contributed by atoms with Crippen molar-refractivity contribution in [1.82, 2.24) is 20.2 Å². The number of carbonyl (C=O) groups is 1. The van der Waals surface area contributed by atoms with Gasteiger partial charge in [-0.05, 0) is 23.3 Å². The molecule has 0 unspecified atom stereocenters. The number of hydrogen-bond donors (Lipinski definition) is 1. The highest BCUT2D eigenvalue weighted by atomic mass is 16.4. The first-order valence-corrected chi connectivity index (χ1v) is 6.76. The molecular weight excluding hydrogens is 256 g/mol. The van der Waals surface area contributed by atoms with E-state index in [1.807, 2.05) is 30.3 Å². The molecule has 1 saturated carbocycles. The van der Waals surface area contributed by atoms with E-state index in [2.05, 4.69) is 15.5 Å². The molecule has 1 aliphatic rings. The molecule has 20 heavy (non-hydrogen) atoms. The summed E-state index contributed by atoms with van der Waals surface area (Å²) < 4.78 is 1.62. The Hall–Kier alpha value is -2.24. The Bertz CT molecular complexity index is 603. The molecule has 1 aromatic heterocycles. The highest BCUT2D eigenvalue weighted by molar-refractivity contribution is 5.75. The first kappa shape index (κ1) is 12.8. The van der Waals surface area contributed by atoms with Gasteiger partial charge in [0.2, 0.25) is 0 Å². The maximum atomic E-state index is 11.6. The second kappa shape index (κ2) is 5.03. The summed E-state index contributed by atoms with van der Waals surface area (Å²) in [5, 5.41) is 21.2. The van der Waals surface area contributed by atoms with Gasteiger partial charge in [0, 0.05) is 5.56 Å². The van der Waals surface area contributed by atoms with Crippen LogP contribution in [0.5, 0.6) is 0 Å². The van der Waals surface area contributed by atoms with Gasteiger partial charge < -0.3 is 5.11 Å². The molecule has 1 heterocycles. The van der Waals surface area contributed by atoms with Crippen LogP contribution in [-0.2, 0) is 11.3 Å². The van der Waals surface area contributed by atoms with E-state index in [0.29, 0.717) is 25.2 Å². The van der Waals surface area contributed by atoms with Crippen molar-refractivity contribution in [3.8, 4) is 11.4 Å². The van der Waals surface area contributed by atoms with Crippen molar-refractivity contribution in [2.24, 2.45) is 5.41 Å². The van der Waals surface area contributed by atoms with E-state index in [4.69, 9.17) is 0 Å². The molecular formula is C14H16N4O2. The van der Waals surface area contributed by atoms with Crippen molar-refractivity contribution in [2.75, 3.05) is 0 Å². The van der Waals surface area contributed by atoms with Crippen molar-refractivity contribution in [3.63, 3.8) is 0 Å². The lowest BCUT2D eigenvalue weighted by Gasteiger charge is -2.23. The topological polar surface area (TPSA) is 80.9 Å². The molecule has 0 radical (unpaired) electrons. The van der Waals surface area contributed by atoms with Gasteiger partial charge in [0.25, 0.3) is 0 Å². The minimum absolute atomic E-state index is 0.333. The summed E-state index contributed by atoms with van der Waals surface area (Å²) in [5.41, 5.74) is 0.176. The molecule has 2 aromatic rings. The number of carboxylic acid groups (broad SMARTS) is 1. The van der Waals surface area contributed by atoms with E-state index in [0.717, 1.165) is 18.4 Å². The number of aliphatic carboxylic acids is 1. The van der Waals surface area contributed by atoms with Crippen molar-refractivity contribution in [3.05, 3.63) is 30.3 Å². The van der Waals surface area contributed by atoms with Gasteiger partial charge in [-0.25, -0.2) is 4.68 Å². The quantitative estimate of drug-likeness (QED) is 0.920. The third-order valence-corrected chi connectivity index (χ3v) is 4.03. The van der Waals surface area contributed by atoms with E-state index in [9.17, 15) is 9.90 Å². The molecule has 1 aromatic carbocycles. The third-order valence-electron chi connectivity index (χ3n) is 4.03. The SMILES string of the molecule is O=C(O)C1(Cn2nnnc2-c2ccccc2)CCCC1. The largest absolute Gasteiger partial charge is 0.481 e. The van der Waals surface area contributed by atoms with Gasteiger partial charge in [0.1, 0.15) is 0 Å². The number of carboxylic acids is 1. The fourth-order valence-electron chi connectivity index (χ4n) is 2.88. The summed E-state index contributed by atoms with van der Waals surface area (Å²) in [6.45, 7) is 0.333. The predicted molar refractivity (Wildman–Crippen MR) is 71.8 cm³/mol. The van der Waals surface area contributed by atoms with E-state index in [-0.39, 0.29) is 0 Å². The standard InChI is InChI=1S/C14H16N4O2/c19-13(20)14(8-4-5-9-14)10-18-12(15-16-17-18)11-6-2-1-3-7-11/h1-3,6-7H,4-5,8-10H2,(H,19,20). The van der Waals surface area contributed by atoms with Gasteiger partial charge in [-0.3, -0.25) is 4.79 Å². The number of tetrazole rings is 1. The maximum Gasteiger partial charge on any atom is 0.311 e. The molecule has 0 saturated heterocycles. The fraction of sp³-hybridized carbons (Fsp3) is 0.429. The van der Waals surface area contributed by atoms with Crippen molar-refractivity contribution < 1.29 is 9.90 Å². The van der Waals surface area contributed by atoms with Crippen LogP contribution in [0.4, 0.5) is 0 Å². The van der Waals surface area contributed by atoms with Crippen LogP contribution in [0, 0.1) is 5.41 Å². The van der Waals surface area contributed by atoms with E-state index in [1.54, 1.807) is 4.68 Å². The Morgan fingerprint density at radius 3 is 2.60 bits per heavy atom. The van der Waals surface area contributed by atoms with Gasteiger partial charge in [-0.1, -0.05) is 43.2 Å². The first-order valence-electron chi connectivity index (χ1n) is 6.76. The molecule has 1 aliphatic carbocycles. The second-order valence-corrected chi connectivity index (χ2v) is 5.32. The van der Waals surface area contributed by atoms with Crippen molar-refractivity contribution in [1.29, 1.82) is 0 Å². The highest BCUT2D eigenvalue weighted by Gasteiger charge is 2.42. The van der Waals surface area contributed by atoms with Gasteiger partial charge in [-0.2, -0.15) is 0 Å². The minimum Gasteiger partial charge on any atom is -0.481 e. The van der Waals surface area contributed by atoms with Crippen molar-refractivity contribution in [2.45, 2.75) is 32.2 Å². The molecule has 3 rings (SSSR count). The fourth-order valence-corrected chi connectivity index (χ4v) is 2.88. The molecule has 0 atom stereocenters. The van der Waals surface area contributed by atoms with Crippen LogP contribution < -0.4 is 0 Å². The summed E-state index contributed by atoms with van der Waals surface area (Å²) in [7, 11) is 0. The van der Waals surface area contributed by atoms with E-state index in [1.165, 1.54) is 0 Å². The lowest BCUT2D eigenvalue weighted by molar-refractivity contribution is -0.149. The molecule has 1 fully saturated rings. The second-order valence-electron chi connectivity index (χ2n) is 5.32. The lowest BCUT2D eigenvalue weighted by Crippen LogP contribution is -2.33. The molecule has 0 spiro atoms. The summed E-state index contributed by atoms with van der Waals surface area (Å²) in [4.78, 5) is 11.6. The van der Waals surface area contributed by atoms with Gasteiger partial charge in [-0.15, -0.1) is 5.10 Å². The molecule has 1 N–H and O–H groups in total. The van der Waals surface area contributed by atoms with Crippen LogP contribution in [0.2, 0.25) is 0 Å². The zero-order chi connectivity index (χ0) is 14.0. The minimum atomic E-state index is -0.746. The zero-order valence-corrected chi connectivity index (χ0v) is 11.1. The molecule has 6 nitrogen and oxygen atoms in total. The number of rotatable bonds is 4. The monoisotopic (exact) mass is 272 g/mol. The van der Waals surface area contributed by atoms with Crippen LogP contribution in [0.15, 0.2) is 30.3 Å². The van der Waals surface area contributed by atoms with Gasteiger partial charge >= 0.3 is 5.97 Å².